The van der Waals surface area contributed by atoms with Gasteiger partial charge in [0.15, 0.2) is 11.6 Å². The van der Waals surface area contributed by atoms with E-state index in [1.165, 1.54) is 13.2 Å². The van der Waals surface area contributed by atoms with Crippen LogP contribution in [0.15, 0.2) is 42.5 Å². The standard InChI is InChI=1S/C17H20FNO2/c1-4-21-15-8-6-14(7-9-15)19-12(2)13-5-10-17(20-3)16(18)11-13/h5-12,19H,4H2,1-3H3. The van der Waals surface area contributed by atoms with Crippen LogP contribution in [-0.4, -0.2) is 13.7 Å². The summed E-state index contributed by atoms with van der Waals surface area (Å²) in [5.41, 5.74) is 1.82. The lowest BCUT2D eigenvalue weighted by Crippen LogP contribution is -2.07. The molecule has 0 heterocycles. The fourth-order valence-corrected chi connectivity index (χ4v) is 2.10. The van der Waals surface area contributed by atoms with E-state index in [1.54, 1.807) is 6.07 Å². The number of benzene rings is 2. The monoisotopic (exact) mass is 289 g/mol. The third-order valence-corrected chi connectivity index (χ3v) is 3.22. The van der Waals surface area contributed by atoms with Crippen LogP contribution in [0.2, 0.25) is 0 Å². The number of ether oxygens (including phenoxy) is 2. The van der Waals surface area contributed by atoms with Crippen molar-refractivity contribution in [2.45, 2.75) is 19.9 Å². The molecule has 0 aliphatic heterocycles. The molecule has 0 fully saturated rings. The van der Waals surface area contributed by atoms with E-state index < -0.39 is 0 Å². The Morgan fingerprint density at radius 2 is 1.86 bits per heavy atom. The topological polar surface area (TPSA) is 30.5 Å². The van der Waals surface area contributed by atoms with E-state index in [2.05, 4.69) is 5.32 Å². The maximum atomic E-state index is 13.7. The molecule has 1 atom stereocenters. The molecular formula is C17H20FNO2. The van der Waals surface area contributed by atoms with Gasteiger partial charge in [0.1, 0.15) is 5.75 Å². The summed E-state index contributed by atoms with van der Waals surface area (Å²) in [6.45, 7) is 4.58. The molecule has 0 bridgehead atoms. The van der Waals surface area contributed by atoms with Gasteiger partial charge in [-0.3, -0.25) is 0 Å². The summed E-state index contributed by atoms with van der Waals surface area (Å²) >= 11 is 0. The first-order valence-electron chi connectivity index (χ1n) is 6.97. The first kappa shape index (κ1) is 15.2. The Labute approximate surface area is 124 Å². The van der Waals surface area contributed by atoms with Gasteiger partial charge in [0.25, 0.3) is 0 Å². The van der Waals surface area contributed by atoms with Crippen LogP contribution in [0.4, 0.5) is 10.1 Å². The minimum Gasteiger partial charge on any atom is -0.494 e. The number of rotatable bonds is 6. The molecule has 0 spiro atoms. The second-order valence-electron chi connectivity index (χ2n) is 4.72. The molecule has 3 nitrogen and oxygen atoms in total. The lowest BCUT2D eigenvalue weighted by molar-refractivity contribution is 0.340. The highest BCUT2D eigenvalue weighted by Crippen LogP contribution is 2.25. The average molecular weight is 289 g/mol. The summed E-state index contributed by atoms with van der Waals surface area (Å²) in [7, 11) is 1.46. The average Bonchev–Trinajstić information content (AvgIpc) is 2.49. The normalized spacial score (nSPS) is 11.8. The fourth-order valence-electron chi connectivity index (χ4n) is 2.10. The van der Waals surface area contributed by atoms with E-state index in [4.69, 9.17) is 9.47 Å². The van der Waals surface area contributed by atoms with Crippen LogP contribution < -0.4 is 14.8 Å². The van der Waals surface area contributed by atoms with Gasteiger partial charge in [0, 0.05) is 11.7 Å². The molecule has 112 valence electrons. The second-order valence-corrected chi connectivity index (χ2v) is 4.72. The lowest BCUT2D eigenvalue weighted by Gasteiger charge is -2.17. The molecule has 0 aliphatic rings. The largest absolute Gasteiger partial charge is 0.494 e. The lowest BCUT2D eigenvalue weighted by atomic mass is 10.1. The Bertz CT molecular complexity index is 584. The summed E-state index contributed by atoms with van der Waals surface area (Å²) in [6, 6.07) is 12.7. The van der Waals surface area contributed by atoms with Crippen molar-refractivity contribution in [3.8, 4) is 11.5 Å². The molecule has 21 heavy (non-hydrogen) atoms. The summed E-state index contributed by atoms with van der Waals surface area (Å²) in [5, 5.41) is 3.33. The van der Waals surface area contributed by atoms with Gasteiger partial charge < -0.3 is 14.8 Å². The van der Waals surface area contributed by atoms with Gasteiger partial charge in [-0.1, -0.05) is 6.07 Å². The molecule has 2 aromatic rings. The Balaban J connectivity index is 2.06. The van der Waals surface area contributed by atoms with Gasteiger partial charge in [-0.15, -0.1) is 0 Å². The second kappa shape index (κ2) is 6.97. The van der Waals surface area contributed by atoms with Gasteiger partial charge >= 0.3 is 0 Å². The van der Waals surface area contributed by atoms with E-state index in [1.807, 2.05) is 44.2 Å². The molecular weight excluding hydrogens is 269 g/mol. The molecule has 2 rings (SSSR count). The van der Waals surface area contributed by atoms with Crippen LogP contribution in [0.25, 0.3) is 0 Å². The van der Waals surface area contributed by atoms with Crippen LogP contribution in [0.5, 0.6) is 11.5 Å². The highest BCUT2D eigenvalue weighted by molar-refractivity contribution is 5.48. The zero-order valence-corrected chi connectivity index (χ0v) is 12.5. The summed E-state index contributed by atoms with van der Waals surface area (Å²) in [6.07, 6.45) is 0. The zero-order chi connectivity index (χ0) is 15.2. The molecule has 0 radical (unpaired) electrons. The Morgan fingerprint density at radius 1 is 1.14 bits per heavy atom. The number of halogens is 1. The third-order valence-electron chi connectivity index (χ3n) is 3.22. The van der Waals surface area contributed by atoms with E-state index >= 15 is 0 Å². The highest BCUT2D eigenvalue weighted by atomic mass is 19.1. The smallest absolute Gasteiger partial charge is 0.165 e. The van der Waals surface area contributed by atoms with Crippen molar-refractivity contribution in [3.05, 3.63) is 53.8 Å². The molecule has 4 heteroatoms. The summed E-state index contributed by atoms with van der Waals surface area (Å²) < 4.78 is 24.0. The van der Waals surface area contributed by atoms with Crippen LogP contribution in [-0.2, 0) is 0 Å². The van der Waals surface area contributed by atoms with Crippen molar-refractivity contribution in [1.82, 2.24) is 0 Å². The van der Waals surface area contributed by atoms with E-state index in [-0.39, 0.29) is 17.6 Å². The first-order valence-corrected chi connectivity index (χ1v) is 6.97. The molecule has 0 aliphatic carbocycles. The fraction of sp³-hybridized carbons (Fsp3) is 0.294. The molecule has 1 unspecified atom stereocenters. The van der Waals surface area contributed by atoms with Crippen molar-refractivity contribution in [2.24, 2.45) is 0 Å². The molecule has 0 aromatic heterocycles. The number of nitrogens with one attached hydrogen (secondary N) is 1. The molecule has 0 amide bonds. The Morgan fingerprint density at radius 3 is 2.43 bits per heavy atom. The van der Waals surface area contributed by atoms with Crippen molar-refractivity contribution in [1.29, 1.82) is 0 Å². The predicted molar refractivity (Wildman–Crippen MR) is 82.6 cm³/mol. The van der Waals surface area contributed by atoms with Gasteiger partial charge in [-0.05, 0) is 55.8 Å². The van der Waals surface area contributed by atoms with Crippen LogP contribution in [0.3, 0.4) is 0 Å². The maximum Gasteiger partial charge on any atom is 0.165 e. The van der Waals surface area contributed by atoms with Crippen LogP contribution in [0.1, 0.15) is 25.5 Å². The number of anilines is 1. The molecule has 1 N–H and O–H groups in total. The number of methoxy groups -OCH3 is 1. The molecule has 2 aromatic carbocycles. The van der Waals surface area contributed by atoms with E-state index in [9.17, 15) is 4.39 Å². The van der Waals surface area contributed by atoms with Crippen LogP contribution in [0, 0.1) is 5.82 Å². The predicted octanol–water partition coefficient (Wildman–Crippen LogP) is 4.41. The first-order chi connectivity index (χ1) is 10.1. The highest BCUT2D eigenvalue weighted by Gasteiger charge is 2.09. The Hall–Kier alpha value is -2.23. The van der Waals surface area contributed by atoms with E-state index in [0.29, 0.717) is 6.61 Å². The van der Waals surface area contributed by atoms with Gasteiger partial charge in [0.05, 0.1) is 13.7 Å². The zero-order valence-electron chi connectivity index (χ0n) is 12.5. The van der Waals surface area contributed by atoms with Crippen molar-refractivity contribution in [2.75, 3.05) is 19.0 Å². The minimum atomic E-state index is -0.352. The van der Waals surface area contributed by atoms with Crippen LogP contribution >= 0.6 is 0 Å². The van der Waals surface area contributed by atoms with Crippen molar-refractivity contribution >= 4 is 5.69 Å². The molecule has 0 saturated carbocycles. The minimum absolute atomic E-state index is 0.0108. The van der Waals surface area contributed by atoms with Gasteiger partial charge in [-0.25, -0.2) is 4.39 Å². The third kappa shape index (κ3) is 3.88. The molecule has 0 saturated heterocycles. The maximum absolute atomic E-state index is 13.7. The number of hydrogen-bond donors (Lipinski definition) is 1. The van der Waals surface area contributed by atoms with Crippen molar-refractivity contribution in [3.63, 3.8) is 0 Å². The Kier molecular flexibility index (Phi) is 5.04. The van der Waals surface area contributed by atoms with E-state index in [0.717, 1.165) is 17.0 Å². The number of hydrogen-bond acceptors (Lipinski definition) is 3. The summed E-state index contributed by atoms with van der Waals surface area (Å²) in [4.78, 5) is 0. The summed E-state index contributed by atoms with van der Waals surface area (Å²) in [5.74, 6) is 0.744. The van der Waals surface area contributed by atoms with Crippen molar-refractivity contribution < 1.29 is 13.9 Å². The SMILES string of the molecule is CCOc1ccc(NC(C)c2ccc(OC)c(F)c2)cc1. The quantitative estimate of drug-likeness (QED) is 0.854. The van der Waals surface area contributed by atoms with Gasteiger partial charge in [0.2, 0.25) is 0 Å². The van der Waals surface area contributed by atoms with Gasteiger partial charge in [-0.2, -0.15) is 0 Å².